The Bertz CT molecular complexity index is 485. The van der Waals surface area contributed by atoms with Gasteiger partial charge >= 0.3 is 6.18 Å². The third kappa shape index (κ3) is 5.24. The first kappa shape index (κ1) is 17.2. The predicted octanol–water partition coefficient (Wildman–Crippen LogP) is 2.46. The largest absolute Gasteiger partial charge is 0.390 e. The van der Waals surface area contributed by atoms with Crippen LogP contribution < -0.4 is 5.73 Å². The molecule has 0 aliphatic rings. The summed E-state index contributed by atoms with van der Waals surface area (Å²) in [7, 11) is -3.34. The quantitative estimate of drug-likeness (QED) is 0.933. The molecule has 8 heteroatoms. The van der Waals surface area contributed by atoms with E-state index in [1.165, 1.54) is 24.3 Å². The Kier molecular flexibility index (Phi) is 5.64. The maximum absolute atomic E-state index is 12.1. The van der Waals surface area contributed by atoms with E-state index in [1.54, 1.807) is 0 Å². The number of halogens is 4. The van der Waals surface area contributed by atoms with Gasteiger partial charge in [0.1, 0.15) is 0 Å². The summed E-state index contributed by atoms with van der Waals surface area (Å²) >= 11 is 0. The van der Waals surface area contributed by atoms with Crippen LogP contribution in [-0.4, -0.2) is 20.8 Å². The second-order valence-electron chi connectivity index (χ2n) is 3.77. The molecular formula is C10H13ClF3NO2S. The molecule has 0 aliphatic carbocycles. The highest BCUT2D eigenvalue weighted by atomic mass is 35.5. The number of nitrogens with two attached hydrogens (primary N) is 1. The van der Waals surface area contributed by atoms with Gasteiger partial charge in [-0.25, -0.2) is 8.42 Å². The van der Waals surface area contributed by atoms with E-state index in [9.17, 15) is 21.6 Å². The van der Waals surface area contributed by atoms with E-state index in [1.807, 2.05) is 0 Å². The zero-order valence-electron chi connectivity index (χ0n) is 9.44. The highest BCUT2D eigenvalue weighted by Gasteiger charge is 2.30. The second-order valence-corrected chi connectivity index (χ2v) is 5.78. The summed E-state index contributed by atoms with van der Waals surface area (Å²) in [6.07, 6.45) is -4.45. The Morgan fingerprint density at radius 1 is 1.22 bits per heavy atom. The molecule has 104 valence electrons. The average Bonchev–Trinajstić information content (AvgIpc) is 2.14. The molecule has 1 aromatic carbocycles. The second kappa shape index (κ2) is 5.90. The van der Waals surface area contributed by atoms with Gasteiger partial charge in [0.25, 0.3) is 0 Å². The zero-order chi connectivity index (χ0) is 13.3. The summed E-state index contributed by atoms with van der Waals surface area (Å²) in [4.78, 5) is 0.0560. The molecule has 0 bridgehead atoms. The van der Waals surface area contributed by atoms with Gasteiger partial charge in [-0.1, -0.05) is 12.1 Å². The van der Waals surface area contributed by atoms with Crippen LogP contribution in [0.15, 0.2) is 29.2 Å². The maximum Gasteiger partial charge on any atom is 0.390 e. The molecule has 0 aliphatic heterocycles. The summed E-state index contributed by atoms with van der Waals surface area (Å²) in [5.74, 6) is 0. The minimum absolute atomic E-state index is 0. The summed E-state index contributed by atoms with van der Waals surface area (Å²) in [6, 6.07) is 3.92. The lowest BCUT2D eigenvalue weighted by Gasteiger charge is -2.14. The smallest absolute Gasteiger partial charge is 0.324 e. The Hall–Kier alpha value is -0.790. The zero-order valence-corrected chi connectivity index (χ0v) is 11.1. The SMILES string of the molecule is CS(=O)(=O)c1ccc([C@H](N)CC(F)(F)F)cc1.Cl. The van der Waals surface area contributed by atoms with Crippen LogP contribution in [0.25, 0.3) is 0 Å². The molecule has 2 N–H and O–H groups in total. The van der Waals surface area contributed by atoms with E-state index in [2.05, 4.69) is 0 Å². The van der Waals surface area contributed by atoms with Gasteiger partial charge in [-0.15, -0.1) is 12.4 Å². The number of sulfone groups is 1. The summed E-state index contributed by atoms with van der Waals surface area (Å²) < 4.78 is 58.5. The molecule has 0 heterocycles. The van der Waals surface area contributed by atoms with E-state index in [-0.39, 0.29) is 22.9 Å². The van der Waals surface area contributed by atoms with Crippen LogP contribution in [0.1, 0.15) is 18.0 Å². The number of benzene rings is 1. The molecule has 0 spiro atoms. The van der Waals surface area contributed by atoms with Crippen LogP contribution >= 0.6 is 12.4 Å². The van der Waals surface area contributed by atoms with Crippen molar-refractivity contribution in [3.05, 3.63) is 29.8 Å². The lowest BCUT2D eigenvalue weighted by Crippen LogP contribution is -2.20. The van der Waals surface area contributed by atoms with E-state index in [0.29, 0.717) is 0 Å². The van der Waals surface area contributed by atoms with Gasteiger partial charge in [-0.3, -0.25) is 0 Å². The van der Waals surface area contributed by atoms with Crippen molar-refractivity contribution in [2.24, 2.45) is 5.73 Å². The third-order valence-corrected chi connectivity index (χ3v) is 3.32. The van der Waals surface area contributed by atoms with Crippen molar-refractivity contribution in [2.45, 2.75) is 23.5 Å². The Morgan fingerprint density at radius 2 is 1.67 bits per heavy atom. The van der Waals surface area contributed by atoms with Gasteiger partial charge in [0.15, 0.2) is 9.84 Å². The minimum Gasteiger partial charge on any atom is -0.324 e. The third-order valence-electron chi connectivity index (χ3n) is 2.19. The van der Waals surface area contributed by atoms with Crippen LogP contribution in [0.4, 0.5) is 13.2 Å². The van der Waals surface area contributed by atoms with Crippen LogP contribution in [0.2, 0.25) is 0 Å². The highest BCUT2D eigenvalue weighted by molar-refractivity contribution is 7.90. The van der Waals surface area contributed by atoms with Crippen LogP contribution in [0.3, 0.4) is 0 Å². The standard InChI is InChI=1S/C10H12F3NO2S.ClH/c1-17(15,16)8-4-2-7(3-5-8)9(14)6-10(11,12)13;/h2-5,9H,6,14H2,1H3;1H/t9-;/m1./s1. The molecule has 1 aromatic rings. The van der Waals surface area contributed by atoms with E-state index >= 15 is 0 Å². The topological polar surface area (TPSA) is 60.2 Å². The minimum atomic E-state index is -4.34. The molecule has 1 rings (SSSR count). The van der Waals surface area contributed by atoms with Gasteiger partial charge in [0.2, 0.25) is 0 Å². The van der Waals surface area contributed by atoms with Crippen molar-refractivity contribution in [1.29, 1.82) is 0 Å². The molecular weight excluding hydrogens is 291 g/mol. The van der Waals surface area contributed by atoms with Crippen LogP contribution in [0.5, 0.6) is 0 Å². The number of rotatable bonds is 3. The van der Waals surface area contributed by atoms with Crippen molar-refractivity contribution in [2.75, 3.05) is 6.26 Å². The molecule has 0 saturated carbocycles. The molecule has 1 atom stereocenters. The van der Waals surface area contributed by atoms with Crippen molar-refractivity contribution in [3.8, 4) is 0 Å². The summed E-state index contributed by atoms with van der Waals surface area (Å²) in [5, 5.41) is 0. The Labute approximate surface area is 110 Å². The molecule has 3 nitrogen and oxygen atoms in total. The Morgan fingerprint density at radius 3 is 2.00 bits per heavy atom. The molecule has 0 unspecified atom stereocenters. The van der Waals surface area contributed by atoms with E-state index < -0.39 is 28.5 Å². The van der Waals surface area contributed by atoms with Gasteiger partial charge < -0.3 is 5.73 Å². The number of hydrogen-bond donors (Lipinski definition) is 1. The lowest BCUT2D eigenvalue weighted by molar-refractivity contribution is -0.138. The first-order valence-electron chi connectivity index (χ1n) is 4.72. The predicted molar refractivity (Wildman–Crippen MR) is 64.4 cm³/mol. The van der Waals surface area contributed by atoms with Crippen molar-refractivity contribution < 1.29 is 21.6 Å². The number of alkyl halides is 3. The van der Waals surface area contributed by atoms with Crippen LogP contribution in [-0.2, 0) is 9.84 Å². The molecule has 18 heavy (non-hydrogen) atoms. The van der Waals surface area contributed by atoms with E-state index in [0.717, 1.165) is 6.26 Å². The fourth-order valence-electron chi connectivity index (χ4n) is 1.33. The Balaban J connectivity index is 0.00000289. The lowest BCUT2D eigenvalue weighted by atomic mass is 10.0. The summed E-state index contributed by atoms with van der Waals surface area (Å²) in [6.45, 7) is 0. The van der Waals surface area contributed by atoms with Crippen molar-refractivity contribution in [3.63, 3.8) is 0 Å². The first-order chi connectivity index (χ1) is 7.59. The van der Waals surface area contributed by atoms with E-state index in [4.69, 9.17) is 5.73 Å². The van der Waals surface area contributed by atoms with Crippen molar-refractivity contribution >= 4 is 22.2 Å². The van der Waals surface area contributed by atoms with Crippen molar-refractivity contribution in [1.82, 2.24) is 0 Å². The van der Waals surface area contributed by atoms with Gasteiger partial charge in [-0.2, -0.15) is 13.2 Å². The maximum atomic E-state index is 12.1. The monoisotopic (exact) mass is 303 g/mol. The molecule has 0 saturated heterocycles. The normalized spacial score (nSPS) is 13.8. The fourth-order valence-corrected chi connectivity index (χ4v) is 1.96. The fraction of sp³-hybridized carbons (Fsp3) is 0.400. The first-order valence-corrected chi connectivity index (χ1v) is 6.61. The van der Waals surface area contributed by atoms with Gasteiger partial charge in [0, 0.05) is 12.3 Å². The van der Waals surface area contributed by atoms with Gasteiger partial charge in [0.05, 0.1) is 11.3 Å². The molecule has 0 amide bonds. The van der Waals surface area contributed by atoms with Gasteiger partial charge in [-0.05, 0) is 17.7 Å². The summed E-state index contributed by atoms with van der Waals surface area (Å²) in [5.41, 5.74) is 5.63. The average molecular weight is 304 g/mol. The molecule has 0 fully saturated rings. The molecule has 0 aromatic heterocycles. The van der Waals surface area contributed by atoms with Crippen LogP contribution in [0, 0.1) is 0 Å². The number of hydrogen-bond acceptors (Lipinski definition) is 3. The molecule has 0 radical (unpaired) electrons. The highest BCUT2D eigenvalue weighted by Crippen LogP contribution is 2.28.